The van der Waals surface area contributed by atoms with E-state index in [1.54, 1.807) is 19.3 Å². The first kappa shape index (κ1) is 41.1. The van der Waals surface area contributed by atoms with Gasteiger partial charge in [-0.05, 0) is 45.6 Å². The SMILES string of the molecule is CC(=O)c1ccc(C=O)c(C(=O)C(C)(C)N)c1C(=O)[C@@H](N)CCCN=C(N)N.CC(C)[C@H](NC(=O)[C@@H](N)CC(=O)O)C(=O)NN=O. The first-order chi connectivity index (χ1) is 21.2. The monoisotopic (exact) mass is 649 g/mol. The van der Waals surface area contributed by atoms with E-state index in [1.165, 1.54) is 32.9 Å². The van der Waals surface area contributed by atoms with Gasteiger partial charge in [0.05, 0.1) is 29.3 Å². The summed E-state index contributed by atoms with van der Waals surface area (Å²) in [7, 11) is 0. The summed E-state index contributed by atoms with van der Waals surface area (Å²) in [5.41, 5.74) is 27.7. The quantitative estimate of drug-likeness (QED) is 0.0189. The van der Waals surface area contributed by atoms with Crippen molar-refractivity contribution in [2.24, 2.45) is 44.9 Å². The van der Waals surface area contributed by atoms with Gasteiger partial charge in [-0.1, -0.05) is 19.9 Å². The van der Waals surface area contributed by atoms with E-state index in [4.69, 9.17) is 33.8 Å². The maximum absolute atomic E-state index is 13.0. The van der Waals surface area contributed by atoms with Crippen LogP contribution >= 0.6 is 0 Å². The number of nitrogens with two attached hydrogens (primary N) is 5. The number of Topliss-reactive ketones (excluding diaryl/α,β-unsaturated/α-hetero) is 3. The zero-order chi connectivity index (χ0) is 35.9. The summed E-state index contributed by atoms with van der Waals surface area (Å²) < 4.78 is 0. The lowest BCUT2D eigenvalue weighted by molar-refractivity contribution is -0.139. The standard InChI is InChI=1S/C19H27N5O4.C9H16N4O5/c1-10(26)12-7-6-11(9-25)14(17(28)19(2,3)23)15(12)16(27)13(20)5-4-8-24-18(21)22;1-4(2)7(9(17)12-13-18)11-8(16)5(10)3-6(14)15/h6-7,9,13H,4-5,8,20,23H2,1-3H3,(H4,21,22,24);4-5,7H,3,10H2,1-2H3,(H,11,16)(H,14,15)(H,12,17,18)/t13-;5-,7-/m00/s1. The second-order valence-corrected chi connectivity index (χ2v) is 11.1. The predicted molar refractivity (Wildman–Crippen MR) is 168 cm³/mol. The number of carbonyl (C=O) groups excluding carboxylic acids is 6. The average molecular weight is 650 g/mol. The lowest BCUT2D eigenvalue weighted by Crippen LogP contribution is -2.53. The molecule has 0 radical (unpaired) electrons. The minimum atomic E-state index is -1.36. The minimum absolute atomic E-state index is 0.0165. The third-order valence-electron chi connectivity index (χ3n) is 6.24. The van der Waals surface area contributed by atoms with Gasteiger partial charge < -0.3 is 39.1 Å². The number of benzene rings is 1. The third kappa shape index (κ3) is 13.0. The van der Waals surface area contributed by atoms with Crippen molar-refractivity contribution in [3.05, 3.63) is 39.3 Å². The third-order valence-corrected chi connectivity index (χ3v) is 6.24. The lowest BCUT2D eigenvalue weighted by Gasteiger charge is -2.22. The first-order valence-corrected chi connectivity index (χ1v) is 13.9. The van der Waals surface area contributed by atoms with Crippen molar-refractivity contribution in [2.75, 3.05) is 6.54 Å². The molecule has 18 heteroatoms. The Morgan fingerprint density at radius 2 is 1.59 bits per heavy atom. The van der Waals surface area contributed by atoms with Crippen molar-refractivity contribution in [3.8, 4) is 0 Å². The molecule has 18 nitrogen and oxygen atoms in total. The van der Waals surface area contributed by atoms with Crippen molar-refractivity contribution in [1.29, 1.82) is 0 Å². The van der Waals surface area contributed by atoms with Crippen molar-refractivity contribution in [2.45, 2.75) is 77.5 Å². The van der Waals surface area contributed by atoms with Gasteiger partial charge in [0, 0.05) is 28.8 Å². The number of guanidine groups is 1. The Balaban J connectivity index is 0.000000973. The van der Waals surface area contributed by atoms with Crippen molar-refractivity contribution >= 4 is 47.4 Å². The molecule has 0 spiro atoms. The number of carboxylic acid groups (broad SMARTS) is 1. The summed E-state index contributed by atoms with van der Waals surface area (Å²) in [6, 6.07) is -0.618. The Morgan fingerprint density at radius 1 is 1.00 bits per heavy atom. The molecule has 0 aliphatic heterocycles. The summed E-state index contributed by atoms with van der Waals surface area (Å²) in [5.74, 6) is -4.86. The molecule has 0 unspecified atom stereocenters. The fourth-order valence-electron chi connectivity index (χ4n) is 3.86. The van der Waals surface area contributed by atoms with Crippen molar-refractivity contribution in [1.82, 2.24) is 10.7 Å². The number of aliphatic carboxylic acids is 1. The first-order valence-electron chi connectivity index (χ1n) is 13.9. The summed E-state index contributed by atoms with van der Waals surface area (Å²) in [5, 5.41) is 13.0. The molecule has 0 bridgehead atoms. The molecule has 0 aliphatic carbocycles. The van der Waals surface area contributed by atoms with Gasteiger partial charge in [0.2, 0.25) is 5.91 Å². The largest absolute Gasteiger partial charge is 0.481 e. The number of carbonyl (C=O) groups is 7. The van der Waals surface area contributed by atoms with Crippen LogP contribution in [-0.4, -0.2) is 82.7 Å². The molecule has 1 aromatic carbocycles. The highest BCUT2D eigenvalue weighted by atomic mass is 16.4. The van der Waals surface area contributed by atoms with E-state index >= 15 is 0 Å². The molecular formula is C28H43N9O9. The van der Waals surface area contributed by atoms with Gasteiger partial charge in [0.1, 0.15) is 6.04 Å². The number of hydrogen-bond acceptors (Lipinski definition) is 13. The van der Waals surface area contributed by atoms with E-state index in [9.17, 15) is 38.5 Å². The highest BCUT2D eigenvalue weighted by Gasteiger charge is 2.34. The van der Waals surface area contributed by atoms with E-state index in [2.05, 4.69) is 15.6 Å². The fraction of sp³-hybridized carbons (Fsp3) is 0.500. The topological polar surface area (TPSA) is 336 Å². The number of ketones is 3. The second kappa shape index (κ2) is 18.8. The Kier molecular flexibility index (Phi) is 16.8. The second-order valence-electron chi connectivity index (χ2n) is 11.1. The Hall–Kier alpha value is -4.94. The molecule has 1 rings (SSSR count). The highest BCUT2D eigenvalue weighted by Crippen LogP contribution is 2.25. The van der Waals surface area contributed by atoms with Crippen LogP contribution in [0.3, 0.4) is 0 Å². The van der Waals surface area contributed by atoms with Crippen LogP contribution in [0.1, 0.15) is 95.3 Å². The molecule has 254 valence electrons. The fourth-order valence-corrected chi connectivity index (χ4v) is 3.86. The van der Waals surface area contributed by atoms with E-state index in [1.807, 2.05) is 0 Å². The lowest BCUT2D eigenvalue weighted by atomic mass is 9.82. The van der Waals surface area contributed by atoms with Gasteiger partial charge in [-0.25, -0.2) is 5.43 Å². The number of nitrogens with one attached hydrogen (secondary N) is 2. The van der Waals surface area contributed by atoms with Crippen molar-refractivity contribution in [3.63, 3.8) is 0 Å². The van der Waals surface area contributed by atoms with Gasteiger partial charge in [-0.15, -0.1) is 4.91 Å². The van der Waals surface area contributed by atoms with Gasteiger partial charge in [0.15, 0.2) is 29.6 Å². The van der Waals surface area contributed by atoms with Crippen LogP contribution in [0.2, 0.25) is 0 Å². The number of aldehydes is 1. The number of rotatable bonds is 17. The molecule has 3 atom stereocenters. The number of carboxylic acids is 1. The van der Waals surface area contributed by atoms with Crippen LogP contribution in [0.25, 0.3) is 0 Å². The maximum atomic E-state index is 13.0. The van der Waals surface area contributed by atoms with Crippen LogP contribution in [0, 0.1) is 10.8 Å². The number of amides is 2. The number of hydrogen-bond donors (Lipinski definition) is 8. The van der Waals surface area contributed by atoms with E-state index < -0.39 is 65.2 Å². The molecular weight excluding hydrogens is 606 g/mol. The Labute approximate surface area is 265 Å². The highest BCUT2D eigenvalue weighted by molar-refractivity contribution is 6.20. The molecule has 0 aromatic heterocycles. The maximum Gasteiger partial charge on any atom is 0.305 e. The van der Waals surface area contributed by atoms with Gasteiger partial charge in [0.25, 0.3) is 5.91 Å². The van der Waals surface area contributed by atoms with E-state index in [0.29, 0.717) is 12.7 Å². The van der Waals surface area contributed by atoms with E-state index in [0.717, 1.165) is 0 Å². The van der Waals surface area contributed by atoms with Crippen LogP contribution in [0.4, 0.5) is 0 Å². The van der Waals surface area contributed by atoms with Crippen molar-refractivity contribution < 1.29 is 38.7 Å². The molecule has 0 aliphatic rings. The molecule has 0 heterocycles. The molecule has 0 saturated heterocycles. The number of nitroso groups, excluding NO2 is 1. The van der Waals surface area contributed by atoms with Crippen LogP contribution < -0.4 is 39.4 Å². The normalized spacial score (nSPS) is 12.7. The van der Waals surface area contributed by atoms with Gasteiger partial charge in [-0.3, -0.25) is 38.6 Å². The summed E-state index contributed by atoms with van der Waals surface area (Å²) >= 11 is 0. The zero-order valence-electron chi connectivity index (χ0n) is 26.4. The van der Waals surface area contributed by atoms with Gasteiger partial charge >= 0.3 is 5.97 Å². The molecule has 0 fully saturated rings. The minimum Gasteiger partial charge on any atom is -0.481 e. The number of nitrogens with zero attached hydrogens (tertiary/aromatic N) is 2. The number of aliphatic imine (C=N–C) groups is 1. The summed E-state index contributed by atoms with van der Waals surface area (Å²) in [6.07, 6.45) is 0.533. The zero-order valence-corrected chi connectivity index (χ0v) is 26.4. The molecule has 1 aromatic rings. The van der Waals surface area contributed by atoms with Crippen LogP contribution in [0.15, 0.2) is 22.4 Å². The predicted octanol–water partition coefficient (Wildman–Crippen LogP) is -1.09. The average Bonchev–Trinajstić information content (AvgIpc) is 2.95. The van der Waals surface area contributed by atoms with E-state index in [-0.39, 0.29) is 47.1 Å². The molecule has 46 heavy (non-hydrogen) atoms. The Bertz CT molecular complexity index is 1350. The smallest absolute Gasteiger partial charge is 0.305 e. The van der Waals surface area contributed by atoms with Crippen LogP contribution in [0.5, 0.6) is 0 Å². The summed E-state index contributed by atoms with van der Waals surface area (Å²) in [4.78, 5) is 96.5. The van der Waals surface area contributed by atoms with Gasteiger partial charge in [-0.2, -0.15) is 0 Å². The Morgan fingerprint density at radius 3 is 2.02 bits per heavy atom. The molecule has 13 N–H and O–H groups in total. The van der Waals surface area contributed by atoms with Crippen LogP contribution in [-0.2, 0) is 14.4 Å². The summed E-state index contributed by atoms with van der Waals surface area (Å²) in [6.45, 7) is 7.72. The molecule has 0 saturated carbocycles. The molecule has 2 amide bonds.